The van der Waals surface area contributed by atoms with Crippen molar-refractivity contribution in [2.24, 2.45) is 0 Å². The van der Waals surface area contributed by atoms with E-state index in [4.69, 9.17) is 16.0 Å². The molecule has 1 heterocycles. The van der Waals surface area contributed by atoms with Gasteiger partial charge in [-0.05, 0) is 36.2 Å². The van der Waals surface area contributed by atoms with Crippen molar-refractivity contribution in [2.45, 2.75) is 19.3 Å². The minimum atomic E-state index is -0.858. The van der Waals surface area contributed by atoms with Gasteiger partial charge in [-0.25, -0.2) is 0 Å². The molecule has 0 bridgehead atoms. The highest BCUT2D eigenvalue weighted by Crippen LogP contribution is 2.31. The Morgan fingerprint density at radius 3 is 2.78 bits per heavy atom. The summed E-state index contributed by atoms with van der Waals surface area (Å²) in [5.74, 6) is -1.42. The Bertz CT molecular complexity index is 827. The Hall–Kier alpha value is -2.53. The third-order valence-electron chi connectivity index (χ3n) is 3.64. The first-order chi connectivity index (χ1) is 11.1. The Morgan fingerprint density at radius 1 is 1.35 bits per heavy atom. The van der Waals surface area contributed by atoms with Crippen LogP contribution in [-0.4, -0.2) is 16.1 Å². The van der Waals surface area contributed by atoms with Crippen LogP contribution in [0.2, 0.25) is 5.02 Å². The highest BCUT2D eigenvalue weighted by Gasteiger charge is 2.18. The summed E-state index contributed by atoms with van der Waals surface area (Å²) in [6, 6.07) is 12.9. The molecule has 0 aliphatic heterocycles. The predicted octanol–water partition coefficient (Wildman–Crippen LogP) is 4.80. The maximum atomic E-state index is 11.2. The van der Waals surface area contributed by atoms with E-state index < -0.39 is 11.9 Å². The van der Waals surface area contributed by atoms with E-state index in [1.807, 2.05) is 31.2 Å². The van der Waals surface area contributed by atoms with Gasteiger partial charge < -0.3 is 14.8 Å². The average molecular weight is 331 g/mol. The van der Waals surface area contributed by atoms with Gasteiger partial charge in [-0.1, -0.05) is 36.7 Å². The molecule has 2 N–H and O–H groups in total. The summed E-state index contributed by atoms with van der Waals surface area (Å²) in [5, 5.41) is 12.7. The van der Waals surface area contributed by atoms with Crippen LogP contribution in [0.1, 0.15) is 24.8 Å². The van der Waals surface area contributed by atoms with Crippen LogP contribution in [-0.2, 0) is 4.79 Å². The fourth-order valence-corrected chi connectivity index (χ4v) is 2.68. The van der Waals surface area contributed by atoms with E-state index in [1.165, 1.54) is 0 Å². The molecule has 2 aromatic carbocycles. The first-order valence-corrected chi connectivity index (χ1v) is 7.61. The van der Waals surface area contributed by atoms with Crippen molar-refractivity contribution in [1.29, 1.82) is 0 Å². The van der Waals surface area contributed by atoms with Crippen LogP contribution in [0.3, 0.4) is 0 Å². The van der Waals surface area contributed by atoms with E-state index >= 15 is 0 Å². The molecule has 1 atom stereocenters. The molecule has 118 valence electrons. The maximum absolute atomic E-state index is 11.2. The van der Waals surface area contributed by atoms with Gasteiger partial charge in [0.15, 0.2) is 5.58 Å². The fraction of sp³-hybridized carbons (Fsp3) is 0.176. The summed E-state index contributed by atoms with van der Waals surface area (Å²) < 4.78 is 5.59. The van der Waals surface area contributed by atoms with Gasteiger partial charge in [0, 0.05) is 0 Å². The van der Waals surface area contributed by atoms with Crippen LogP contribution in [0, 0.1) is 0 Å². The number of oxazole rings is 1. The van der Waals surface area contributed by atoms with Crippen LogP contribution in [0.5, 0.6) is 0 Å². The molecule has 1 unspecified atom stereocenters. The van der Waals surface area contributed by atoms with E-state index in [9.17, 15) is 9.90 Å². The van der Waals surface area contributed by atoms with Crippen LogP contribution < -0.4 is 5.32 Å². The molecule has 1 aromatic heterocycles. The van der Waals surface area contributed by atoms with Gasteiger partial charge in [0.1, 0.15) is 5.52 Å². The predicted molar refractivity (Wildman–Crippen MR) is 89.4 cm³/mol. The molecule has 0 spiro atoms. The topological polar surface area (TPSA) is 75.4 Å². The largest absolute Gasteiger partial charge is 0.481 e. The Kier molecular flexibility index (Phi) is 4.21. The summed E-state index contributed by atoms with van der Waals surface area (Å²) in [4.78, 5) is 15.6. The summed E-state index contributed by atoms with van der Waals surface area (Å²) >= 11 is 6.26. The van der Waals surface area contributed by atoms with Crippen LogP contribution in [0.25, 0.3) is 11.1 Å². The second-order valence-electron chi connectivity index (χ2n) is 5.15. The van der Waals surface area contributed by atoms with Gasteiger partial charge in [0.05, 0.1) is 16.6 Å². The summed E-state index contributed by atoms with van der Waals surface area (Å²) in [6.07, 6.45) is 0.504. The van der Waals surface area contributed by atoms with Crippen molar-refractivity contribution < 1.29 is 14.3 Å². The minimum absolute atomic E-state index is 0.339. The number of carboxylic acids is 1. The second kappa shape index (κ2) is 6.30. The SMILES string of the molecule is CCC(C(=O)O)c1ccc(Nc2nc3ccccc3o2)c(Cl)c1. The number of carboxylic acid groups (broad SMARTS) is 1. The molecule has 0 saturated heterocycles. The molecule has 0 amide bonds. The molecule has 0 aliphatic carbocycles. The minimum Gasteiger partial charge on any atom is -0.481 e. The number of para-hydroxylation sites is 2. The first-order valence-electron chi connectivity index (χ1n) is 7.23. The lowest BCUT2D eigenvalue weighted by atomic mass is 9.96. The number of carbonyl (C=O) groups is 1. The van der Waals surface area contributed by atoms with Crippen LogP contribution in [0.15, 0.2) is 46.9 Å². The van der Waals surface area contributed by atoms with Gasteiger partial charge in [-0.3, -0.25) is 4.79 Å². The lowest BCUT2D eigenvalue weighted by molar-refractivity contribution is -0.138. The Morgan fingerprint density at radius 2 is 2.13 bits per heavy atom. The lowest BCUT2D eigenvalue weighted by Gasteiger charge is -2.12. The third-order valence-corrected chi connectivity index (χ3v) is 3.95. The second-order valence-corrected chi connectivity index (χ2v) is 5.56. The molecule has 0 fully saturated rings. The van der Waals surface area contributed by atoms with Gasteiger partial charge in [-0.15, -0.1) is 0 Å². The standard InChI is InChI=1S/C17H15ClN2O3/c1-2-11(16(21)22)10-7-8-13(12(18)9-10)19-17-20-14-5-3-4-6-15(14)23-17/h3-9,11H,2H2,1H3,(H,19,20)(H,21,22). The normalized spacial score (nSPS) is 12.3. The van der Waals surface area contributed by atoms with Gasteiger partial charge in [0.2, 0.25) is 0 Å². The molecule has 5 nitrogen and oxygen atoms in total. The number of rotatable bonds is 5. The molecule has 0 aliphatic rings. The summed E-state index contributed by atoms with van der Waals surface area (Å²) in [6.45, 7) is 1.83. The molecular formula is C17H15ClN2O3. The number of anilines is 2. The van der Waals surface area contributed by atoms with Crippen molar-refractivity contribution in [1.82, 2.24) is 4.98 Å². The summed E-state index contributed by atoms with van der Waals surface area (Å²) in [7, 11) is 0. The smallest absolute Gasteiger partial charge is 0.310 e. The average Bonchev–Trinajstić information content (AvgIpc) is 2.92. The quantitative estimate of drug-likeness (QED) is 0.702. The zero-order chi connectivity index (χ0) is 16.4. The van der Waals surface area contributed by atoms with Gasteiger partial charge >= 0.3 is 5.97 Å². The van der Waals surface area contributed by atoms with Crippen molar-refractivity contribution >= 4 is 40.4 Å². The van der Waals surface area contributed by atoms with Crippen molar-refractivity contribution in [3.05, 3.63) is 53.1 Å². The van der Waals surface area contributed by atoms with Crippen LogP contribution in [0.4, 0.5) is 11.7 Å². The molecule has 0 saturated carbocycles. The highest BCUT2D eigenvalue weighted by molar-refractivity contribution is 6.33. The molecule has 6 heteroatoms. The number of hydrogen-bond donors (Lipinski definition) is 2. The third kappa shape index (κ3) is 3.14. The number of halogens is 1. The number of nitrogens with zero attached hydrogens (tertiary/aromatic N) is 1. The van der Waals surface area contributed by atoms with Crippen LogP contribution >= 0.6 is 11.6 Å². The monoisotopic (exact) mass is 330 g/mol. The van der Waals surface area contributed by atoms with Gasteiger partial charge in [0.25, 0.3) is 6.01 Å². The Balaban J connectivity index is 1.87. The number of aliphatic carboxylic acids is 1. The van der Waals surface area contributed by atoms with E-state index in [-0.39, 0.29) is 0 Å². The fourth-order valence-electron chi connectivity index (χ4n) is 2.44. The number of benzene rings is 2. The van der Waals surface area contributed by atoms with Gasteiger partial charge in [-0.2, -0.15) is 4.98 Å². The lowest BCUT2D eigenvalue weighted by Crippen LogP contribution is -2.10. The highest BCUT2D eigenvalue weighted by atomic mass is 35.5. The Labute approximate surface area is 137 Å². The molecule has 3 rings (SSSR count). The molecule has 23 heavy (non-hydrogen) atoms. The zero-order valence-electron chi connectivity index (χ0n) is 12.4. The molecule has 3 aromatic rings. The first kappa shape index (κ1) is 15.4. The number of nitrogens with one attached hydrogen (secondary N) is 1. The molecular weight excluding hydrogens is 316 g/mol. The summed E-state index contributed by atoms with van der Waals surface area (Å²) in [5.41, 5.74) is 2.72. The van der Waals surface area contributed by atoms with E-state index in [2.05, 4.69) is 10.3 Å². The van der Waals surface area contributed by atoms with Crippen molar-refractivity contribution in [3.63, 3.8) is 0 Å². The zero-order valence-corrected chi connectivity index (χ0v) is 13.2. The number of hydrogen-bond acceptors (Lipinski definition) is 4. The maximum Gasteiger partial charge on any atom is 0.310 e. The number of fused-ring (bicyclic) bond motifs is 1. The van der Waals surface area contributed by atoms with E-state index in [0.717, 1.165) is 5.52 Å². The molecule has 0 radical (unpaired) electrons. The van der Waals surface area contributed by atoms with Crippen molar-refractivity contribution in [3.8, 4) is 0 Å². The van der Waals surface area contributed by atoms with E-state index in [1.54, 1.807) is 18.2 Å². The van der Waals surface area contributed by atoms with Crippen molar-refractivity contribution in [2.75, 3.05) is 5.32 Å². The van der Waals surface area contributed by atoms with E-state index in [0.29, 0.717) is 34.3 Å². The number of aromatic nitrogens is 1.